The molecule has 1 aromatic rings. The summed E-state index contributed by atoms with van der Waals surface area (Å²) in [6, 6.07) is 1.48. The summed E-state index contributed by atoms with van der Waals surface area (Å²) in [6.07, 6.45) is 4.90. The van der Waals surface area contributed by atoms with Gasteiger partial charge in [0.05, 0.1) is 6.20 Å². The number of hydrogen-bond donors (Lipinski definition) is 2. The van der Waals surface area contributed by atoms with E-state index in [1.807, 2.05) is 0 Å². The van der Waals surface area contributed by atoms with Crippen molar-refractivity contribution in [1.29, 1.82) is 0 Å². The third-order valence-electron chi connectivity index (χ3n) is 5.31. The number of H-pyrrole nitrogens is 1. The number of aromatic amines is 1. The molecule has 5 nitrogen and oxygen atoms in total. The Kier molecular flexibility index (Phi) is 2.64. The molecule has 1 aromatic heterocycles. The van der Waals surface area contributed by atoms with Gasteiger partial charge in [0, 0.05) is 6.04 Å². The van der Waals surface area contributed by atoms with E-state index in [0.29, 0.717) is 5.92 Å². The first-order valence-corrected chi connectivity index (χ1v) is 8.26. The Bertz CT molecular complexity index is 574. The lowest BCUT2D eigenvalue weighted by Gasteiger charge is -2.42. The summed E-state index contributed by atoms with van der Waals surface area (Å²) in [6.45, 7) is 6.58. The van der Waals surface area contributed by atoms with Gasteiger partial charge in [-0.2, -0.15) is 5.10 Å². The molecule has 6 heteroatoms. The highest BCUT2D eigenvalue weighted by atomic mass is 32.2. The highest BCUT2D eigenvalue weighted by Gasteiger charge is 2.60. The summed E-state index contributed by atoms with van der Waals surface area (Å²) in [4.78, 5) is 0. The Balaban J connectivity index is 1.92. The van der Waals surface area contributed by atoms with Crippen molar-refractivity contribution >= 4 is 10.0 Å². The molecule has 3 atom stereocenters. The molecule has 1 heterocycles. The fourth-order valence-electron chi connectivity index (χ4n) is 4.21. The lowest BCUT2D eigenvalue weighted by atomic mass is 9.69. The minimum Gasteiger partial charge on any atom is -0.266 e. The van der Waals surface area contributed by atoms with Crippen LogP contribution >= 0.6 is 0 Å². The molecule has 3 unspecified atom stereocenters. The molecule has 0 aliphatic heterocycles. The maximum atomic E-state index is 12.4. The Labute approximate surface area is 114 Å². The van der Waals surface area contributed by atoms with Crippen molar-refractivity contribution in [3.63, 3.8) is 0 Å². The van der Waals surface area contributed by atoms with Crippen LogP contribution in [0.2, 0.25) is 0 Å². The molecule has 0 amide bonds. The topological polar surface area (TPSA) is 74.8 Å². The molecule has 2 saturated carbocycles. The van der Waals surface area contributed by atoms with Crippen molar-refractivity contribution in [1.82, 2.24) is 14.9 Å². The largest absolute Gasteiger partial charge is 0.266 e. The lowest BCUT2D eigenvalue weighted by Crippen LogP contribution is -2.52. The monoisotopic (exact) mass is 283 g/mol. The standard InChI is InChI=1S/C13H21N3O2S/c1-12(2)9-4-6-13(3,8-9)11(12)16-19(17,18)10-5-7-14-15-10/h5,7,9,11,16H,4,6,8H2,1-3H3,(H,14,15). The first-order valence-electron chi connectivity index (χ1n) is 6.77. The average Bonchev–Trinajstić information content (AvgIpc) is 2.97. The average molecular weight is 283 g/mol. The van der Waals surface area contributed by atoms with Crippen LogP contribution in [-0.4, -0.2) is 24.7 Å². The molecule has 2 bridgehead atoms. The third-order valence-corrected chi connectivity index (χ3v) is 6.66. The molecule has 0 aromatic carbocycles. The van der Waals surface area contributed by atoms with Gasteiger partial charge in [0.2, 0.25) is 0 Å². The second kappa shape index (κ2) is 3.82. The van der Waals surface area contributed by atoms with Crippen molar-refractivity contribution in [2.24, 2.45) is 16.7 Å². The van der Waals surface area contributed by atoms with E-state index in [9.17, 15) is 8.42 Å². The molecule has 2 aliphatic rings. The van der Waals surface area contributed by atoms with Crippen LogP contribution in [0.1, 0.15) is 40.0 Å². The van der Waals surface area contributed by atoms with Crippen LogP contribution in [0.4, 0.5) is 0 Å². The summed E-state index contributed by atoms with van der Waals surface area (Å²) in [7, 11) is -3.50. The number of fused-ring (bicyclic) bond motifs is 2. The Morgan fingerprint density at radius 2 is 2.16 bits per heavy atom. The van der Waals surface area contributed by atoms with Crippen molar-refractivity contribution in [3.8, 4) is 0 Å². The summed E-state index contributed by atoms with van der Waals surface area (Å²) in [5.41, 5.74) is 0.0986. The van der Waals surface area contributed by atoms with Crippen LogP contribution in [0.25, 0.3) is 0 Å². The molecular formula is C13H21N3O2S. The number of aromatic nitrogens is 2. The number of nitrogens with zero attached hydrogens (tertiary/aromatic N) is 1. The van der Waals surface area contributed by atoms with Crippen LogP contribution in [0, 0.1) is 16.7 Å². The van der Waals surface area contributed by atoms with Gasteiger partial charge >= 0.3 is 0 Å². The summed E-state index contributed by atoms with van der Waals surface area (Å²) in [5.74, 6) is 0.618. The summed E-state index contributed by atoms with van der Waals surface area (Å²) >= 11 is 0. The van der Waals surface area contributed by atoms with Gasteiger partial charge in [-0.1, -0.05) is 20.8 Å². The number of sulfonamides is 1. The quantitative estimate of drug-likeness (QED) is 0.889. The van der Waals surface area contributed by atoms with Gasteiger partial charge in [0.15, 0.2) is 5.03 Å². The molecule has 0 saturated heterocycles. The van der Waals surface area contributed by atoms with Crippen molar-refractivity contribution < 1.29 is 8.42 Å². The maximum Gasteiger partial charge on any atom is 0.257 e. The first-order chi connectivity index (χ1) is 8.76. The predicted octanol–water partition coefficient (Wildman–Crippen LogP) is 1.90. The van der Waals surface area contributed by atoms with Gasteiger partial charge in [-0.15, -0.1) is 0 Å². The molecular weight excluding hydrogens is 262 g/mol. The van der Waals surface area contributed by atoms with Crippen LogP contribution < -0.4 is 4.72 Å². The molecule has 2 aliphatic carbocycles. The molecule has 106 valence electrons. The zero-order valence-corrected chi connectivity index (χ0v) is 12.4. The van der Waals surface area contributed by atoms with Crippen molar-refractivity contribution in [3.05, 3.63) is 12.3 Å². The van der Waals surface area contributed by atoms with E-state index in [1.165, 1.54) is 18.7 Å². The van der Waals surface area contributed by atoms with Crippen LogP contribution in [-0.2, 0) is 10.0 Å². The molecule has 0 spiro atoms. The second-order valence-corrected chi connectivity index (χ2v) is 8.57. The minimum atomic E-state index is -3.50. The highest BCUT2D eigenvalue weighted by Crippen LogP contribution is 2.62. The maximum absolute atomic E-state index is 12.4. The van der Waals surface area contributed by atoms with E-state index in [2.05, 4.69) is 35.7 Å². The minimum absolute atomic E-state index is 0.00736. The van der Waals surface area contributed by atoms with E-state index in [4.69, 9.17) is 0 Å². The lowest BCUT2D eigenvalue weighted by molar-refractivity contribution is 0.127. The fraction of sp³-hybridized carbons (Fsp3) is 0.769. The molecule has 19 heavy (non-hydrogen) atoms. The Morgan fingerprint density at radius 1 is 1.42 bits per heavy atom. The van der Waals surface area contributed by atoms with Crippen LogP contribution in [0.15, 0.2) is 17.3 Å². The zero-order chi connectivity index (χ0) is 13.9. The normalized spacial score (nSPS) is 36.8. The summed E-state index contributed by atoms with van der Waals surface area (Å²) < 4.78 is 27.7. The molecule has 0 radical (unpaired) electrons. The van der Waals surface area contributed by atoms with Gasteiger partial charge in [0.1, 0.15) is 0 Å². The molecule has 3 rings (SSSR count). The van der Waals surface area contributed by atoms with E-state index in [1.54, 1.807) is 0 Å². The van der Waals surface area contributed by atoms with E-state index < -0.39 is 10.0 Å². The van der Waals surface area contributed by atoms with E-state index in [0.717, 1.165) is 12.8 Å². The smallest absolute Gasteiger partial charge is 0.257 e. The van der Waals surface area contributed by atoms with E-state index >= 15 is 0 Å². The van der Waals surface area contributed by atoms with Gasteiger partial charge < -0.3 is 0 Å². The number of rotatable bonds is 3. The SMILES string of the molecule is CC12CCC(C1)C(C)(C)C2NS(=O)(=O)c1ccn[nH]1. The number of nitrogens with one attached hydrogen (secondary N) is 2. The van der Waals surface area contributed by atoms with Gasteiger partial charge in [-0.3, -0.25) is 5.10 Å². The first kappa shape index (κ1) is 13.1. The van der Waals surface area contributed by atoms with Gasteiger partial charge in [0.25, 0.3) is 10.0 Å². The number of hydrogen-bond acceptors (Lipinski definition) is 3. The van der Waals surface area contributed by atoms with Crippen molar-refractivity contribution in [2.45, 2.75) is 51.1 Å². The zero-order valence-electron chi connectivity index (χ0n) is 11.6. The Hall–Kier alpha value is -0.880. The fourth-order valence-corrected chi connectivity index (χ4v) is 5.65. The Morgan fingerprint density at radius 3 is 2.68 bits per heavy atom. The van der Waals surface area contributed by atoms with Gasteiger partial charge in [-0.05, 0) is 42.1 Å². The molecule has 2 fully saturated rings. The van der Waals surface area contributed by atoms with Crippen molar-refractivity contribution in [2.75, 3.05) is 0 Å². The molecule has 2 N–H and O–H groups in total. The van der Waals surface area contributed by atoms with Crippen LogP contribution in [0.5, 0.6) is 0 Å². The third kappa shape index (κ3) is 1.84. The predicted molar refractivity (Wildman–Crippen MR) is 71.9 cm³/mol. The second-order valence-electron chi connectivity index (χ2n) is 6.89. The van der Waals surface area contributed by atoms with E-state index in [-0.39, 0.29) is 21.9 Å². The summed E-state index contributed by atoms with van der Waals surface area (Å²) in [5, 5.41) is 6.40. The highest BCUT2D eigenvalue weighted by molar-refractivity contribution is 7.89. The van der Waals surface area contributed by atoms with Crippen LogP contribution in [0.3, 0.4) is 0 Å². The van der Waals surface area contributed by atoms with Gasteiger partial charge in [-0.25, -0.2) is 13.1 Å².